The van der Waals surface area contributed by atoms with Crippen LogP contribution < -0.4 is 14.8 Å². The molecule has 0 spiro atoms. The average molecular weight is 368 g/mol. The lowest BCUT2D eigenvalue weighted by Crippen LogP contribution is -2.23. The lowest BCUT2D eigenvalue weighted by Gasteiger charge is -2.13. The molecule has 6 heteroatoms. The van der Waals surface area contributed by atoms with Gasteiger partial charge in [-0.2, -0.15) is 0 Å². The lowest BCUT2D eigenvalue weighted by molar-refractivity contribution is 0.0947. The van der Waals surface area contributed by atoms with Gasteiger partial charge in [-0.15, -0.1) is 0 Å². The summed E-state index contributed by atoms with van der Waals surface area (Å²) in [5, 5.41) is 2.74. The predicted octanol–water partition coefficient (Wildman–Crippen LogP) is 3.54. The first-order chi connectivity index (χ1) is 10.6. The van der Waals surface area contributed by atoms with Crippen LogP contribution in [0.5, 0.6) is 11.5 Å². The quantitative estimate of drug-likeness (QED) is 0.879. The van der Waals surface area contributed by atoms with Crippen molar-refractivity contribution in [1.82, 2.24) is 5.32 Å². The molecule has 0 bridgehead atoms. The fourth-order valence-electron chi connectivity index (χ4n) is 2.02. The first-order valence-electron chi connectivity index (χ1n) is 6.50. The van der Waals surface area contributed by atoms with E-state index in [0.29, 0.717) is 22.6 Å². The Morgan fingerprint density at radius 1 is 1.23 bits per heavy atom. The van der Waals surface area contributed by atoms with E-state index in [1.807, 2.05) is 0 Å². The van der Waals surface area contributed by atoms with Gasteiger partial charge in [0.25, 0.3) is 5.91 Å². The van der Waals surface area contributed by atoms with Crippen LogP contribution in [0.15, 0.2) is 40.9 Å². The highest BCUT2D eigenvalue weighted by atomic mass is 79.9. The zero-order valence-electron chi connectivity index (χ0n) is 12.2. The van der Waals surface area contributed by atoms with E-state index in [4.69, 9.17) is 9.47 Å². The van der Waals surface area contributed by atoms with Crippen molar-refractivity contribution in [1.29, 1.82) is 0 Å². The van der Waals surface area contributed by atoms with Crippen molar-refractivity contribution in [3.8, 4) is 11.5 Å². The molecular formula is C16H15BrFNO3. The molecule has 0 aliphatic heterocycles. The monoisotopic (exact) mass is 367 g/mol. The maximum atomic E-state index is 13.2. The van der Waals surface area contributed by atoms with Gasteiger partial charge < -0.3 is 14.8 Å². The van der Waals surface area contributed by atoms with Crippen molar-refractivity contribution in [3.05, 3.63) is 57.8 Å². The third kappa shape index (κ3) is 3.57. The molecule has 2 rings (SSSR count). The highest BCUT2D eigenvalue weighted by molar-refractivity contribution is 9.10. The molecular weight excluding hydrogens is 353 g/mol. The summed E-state index contributed by atoms with van der Waals surface area (Å²) in [5.41, 5.74) is 1.00. The topological polar surface area (TPSA) is 47.6 Å². The second-order valence-electron chi connectivity index (χ2n) is 4.46. The first-order valence-corrected chi connectivity index (χ1v) is 7.29. The Hall–Kier alpha value is -2.08. The van der Waals surface area contributed by atoms with E-state index in [0.717, 1.165) is 4.47 Å². The largest absolute Gasteiger partial charge is 0.493 e. The number of nitrogens with one attached hydrogen (secondary N) is 1. The normalized spacial score (nSPS) is 10.2. The van der Waals surface area contributed by atoms with Crippen LogP contribution in [-0.4, -0.2) is 20.1 Å². The van der Waals surface area contributed by atoms with Crippen molar-refractivity contribution in [3.63, 3.8) is 0 Å². The summed E-state index contributed by atoms with van der Waals surface area (Å²) < 4.78 is 24.4. The minimum atomic E-state index is -0.355. The summed E-state index contributed by atoms with van der Waals surface area (Å²) in [6.07, 6.45) is 0. The zero-order chi connectivity index (χ0) is 16.1. The molecule has 0 atom stereocenters. The molecule has 0 saturated heterocycles. The molecule has 0 unspecified atom stereocenters. The summed E-state index contributed by atoms with van der Waals surface area (Å²) >= 11 is 3.33. The Labute approximate surface area is 136 Å². The molecule has 0 aliphatic rings. The summed E-state index contributed by atoms with van der Waals surface area (Å²) in [6.45, 7) is 0.192. The number of hydrogen-bond donors (Lipinski definition) is 1. The second kappa shape index (κ2) is 7.26. The minimum Gasteiger partial charge on any atom is -0.493 e. The van der Waals surface area contributed by atoms with Gasteiger partial charge in [0.2, 0.25) is 0 Å². The predicted molar refractivity (Wildman–Crippen MR) is 84.8 cm³/mol. The van der Waals surface area contributed by atoms with Gasteiger partial charge in [0.15, 0.2) is 11.5 Å². The van der Waals surface area contributed by atoms with Crippen LogP contribution in [0.25, 0.3) is 0 Å². The van der Waals surface area contributed by atoms with Crippen LogP contribution in [0, 0.1) is 5.82 Å². The number of benzene rings is 2. The van der Waals surface area contributed by atoms with Gasteiger partial charge in [-0.3, -0.25) is 4.79 Å². The van der Waals surface area contributed by atoms with Crippen LogP contribution in [0.2, 0.25) is 0 Å². The Morgan fingerprint density at radius 2 is 2.00 bits per heavy atom. The van der Waals surface area contributed by atoms with Gasteiger partial charge in [-0.1, -0.05) is 22.0 Å². The van der Waals surface area contributed by atoms with Crippen LogP contribution >= 0.6 is 15.9 Å². The molecule has 22 heavy (non-hydrogen) atoms. The number of carbonyl (C=O) groups is 1. The fraction of sp³-hybridized carbons (Fsp3) is 0.188. The summed E-state index contributed by atoms with van der Waals surface area (Å²) in [6, 6.07) is 9.36. The number of rotatable bonds is 5. The fourth-order valence-corrected chi connectivity index (χ4v) is 2.40. The molecule has 2 aromatic rings. The van der Waals surface area contributed by atoms with E-state index in [-0.39, 0.29) is 18.3 Å². The Kier molecular flexibility index (Phi) is 5.38. The lowest BCUT2D eigenvalue weighted by atomic mass is 10.1. The van der Waals surface area contributed by atoms with Gasteiger partial charge in [0, 0.05) is 11.0 Å². The van der Waals surface area contributed by atoms with E-state index >= 15 is 0 Å². The van der Waals surface area contributed by atoms with Crippen LogP contribution in [0.1, 0.15) is 15.9 Å². The average Bonchev–Trinajstić information content (AvgIpc) is 2.54. The van der Waals surface area contributed by atoms with Gasteiger partial charge in [0.1, 0.15) is 5.82 Å². The highest BCUT2D eigenvalue weighted by Crippen LogP contribution is 2.30. The molecule has 0 aromatic heterocycles. The zero-order valence-corrected chi connectivity index (χ0v) is 13.7. The standard InChI is InChI=1S/C16H15BrFNO3/c1-21-14-5-3-4-12(15(14)22-2)16(20)19-9-10-8-11(18)6-7-13(10)17/h3-8H,9H2,1-2H3,(H,19,20). The first kappa shape index (κ1) is 16.3. The highest BCUT2D eigenvalue weighted by Gasteiger charge is 2.16. The molecule has 116 valence electrons. The Balaban J connectivity index is 2.18. The number of hydrogen-bond acceptors (Lipinski definition) is 3. The van der Waals surface area contributed by atoms with Crippen LogP contribution in [0.3, 0.4) is 0 Å². The number of amides is 1. The number of methoxy groups -OCH3 is 2. The molecule has 0 heterocycles. The molecule has 0 fully saturated rings. The summed E-state index contributed by atoms with van der Waals surface area (Å²) in [5.74, 6) is 0.154. The van der Waals surface area contributed by atoms with Gasteiger partial charge in [-0.05, 0) is 35.9 Å². The van der Waals surface area contributed by atoms with Crippen LogP contribution in [0.4, 0.5) is 4.39 Å². The van der Waals surface area contributed by atoms with Gasteiger partial charge >= 0.3 is 0 Å². The molecule has 1 amide bonds. The van der Waals surface area contributed by atoms with Crippen molar-refractivity contribution >= 4 is 21.8 Å². The van der Waals surface area contributed by atoms with Crippen molar-refractivity contribution in [2.24, 2.45) is 0 Å². The summed E-state index contributed by atoms with van der Waals surface area (Å²) in [7, 11) is 2.97. The second-order valence-corrected chi connectivity index (χ2v) is 5.31. The number of ether oxygens (including phenoxy) is 2. The Bertz CT molecular complexity index is 691. The van der Waals surface area contributed by atoms with E-state index in [2.05, 4.69) is 21.2 Å². The molecule has 0 radical (unpaired) electrons. The Morgan fingerprint density at radius 3 is 2.68 bits per heavy atom. The maximum absolute atomic E-state index is 13.2. The molecule has 2 aromatic carbocycles. The minimum absolute atomic E-state index is 0.192. The molecule has 0 saturated carbocycles. The maximum Gasteiger partial charge on any atom is 0.255 e. The number of para-hydroxylation sites is 1. The van der Waals surface area contributed by atoms with Crippen molar-refractivity contribution in [2.45, 2.75) is 6.54 Å². The van der Waals surface area contributed by atoms with Crippen molar-refractivity contribution < 1.29 is 18.7 Å². The molecule has 4 nitrogen and oxygen atoms in total. The molecule has 0 aliphatic carbocycles. The summed E-state index contributed by atoms with van der Waals surface area (Å²) in [4.78, 5) is 12.3. The van der Waals surface area contributed by atoms with E-state index in [1.54, 1.807) is 24.3 Å². The molecule has 1 N–H and O–H groups in total. The van der Waals surface area contributed by atoms with Gasteiger partial charge in [-0.25, -0.2) is 4.39 Å². The van der Waals surface area contributed by atoms with E-state index in [9.17, 15) is 9.18 Å². The SMILES string of the molecule is COc1cccc(C(=O)NCc2cc(F)ccc2Br)c1OC. The van der Waals surface area contributed by atoms with Crippen molar-refractivity contribution in [2.75, 3.05) is 14.2 Å². The third-order valence-electron chi connectivity index (χ3n) is 3.09. The van der Waals surface area contributed by atoms with Crippen LogP contribution in [-0.2, 0) is 6.54 Å². The number of carbonyl (C=O) groups excluding carboxylic acids is 1. The van der Waals surface area contributed by atoms with E-state index < -0.39 is 0 Å². The van der Waals surface area contributed by atoms with E-state index in [1.165, 1.54) is 26.4 Å². The third-order valence-corrected chi connectivity index (χ3v) is 3.87. The van der Waals surface area contributed by atoms with Gasteiger partial charge in [0.05, 0.1) is 19.8 Å². The smallest absolute Gasteiger partial charge is 0.255 e. The number of halogens is 2.